The highest BCUT2D eigenvalue weighted by atomic mass is 32.2. The fraction of sp³-hybridized carbons (Fsp3) is 0.267. The number of hydrogen-bond donors (Lipinski definition) is 1. The molecule has 0 amide bonds. The van der Waals surface area contributed by atoms with Crippen molar-refractivity contribution < 1.29 is 13.2 Å². The molecule has 1 N–H and O–H groups in total. The van der Waals surface area contributed by atoms with Crippen molar-refractivity contribution >= 4 is 15.8 Å². The van der Waals surface area contributed by atoms with Crippen LogP contribution in [-0.2, 0) is 16.6 Å². The zero-order valence-electron chi connectivity index (χ0n) is 12.6. The summed E-state index contributed by atoms with van der Waals surface area (Å²) in [6.45, 7) is 1.92. The van der Waals surface area contributed by atoms with Gasteiger partial charge in [-0.25, -0.2) is 17.8 Å². The summed E-state index contributed by atoms with van der Waals surface area (Å²) in [5.74, 6) is -0.122. The lowest BCUT2D eigenvalue weighted by molar-refractivity contribution is 0.101. The van der Waals surface area contributed by atoms with Crippen LogP contribution < -0.4 is 10.3 Å². The van der Waals surface area contributed by atoms with E-state index in [0.717, 1.165) is 0 Å². The molecule has 1 heterocycles. The Labute approximate surface area is 134 Å². The number of ketones is 1. The number of nitrogens with zero attached hydrogens (tertiary/aromatic N) is 2. The second-order valence-electron chi connectivity index (χ2n) is 4.92. The number of Topliss-reactive ketones (excluding diaryl/α,β-unsaturated/α-hetero) is 1. The Hall–Kier alpha value is -2.32. The molecule has 1 aromatic carbocycles. The van der Waals surface area contributed by atoms with Crippen molar-refractivity contribution in [2.75, 3.05) is 6.54 Å². The summed E-state index contributed by atoms with van der Waals surface area (Å²) in [5.41, 5.74) is 0.230. The fourth-order valence-electron chi connectivity index (χ4n) is 1.94. The van der Waals surface area contributed by atoms with Gasteiger partial charge in [0.1, 0.15) is 0 Å². The molecule has 0 unspecified atom stereocenters. The predicted octanol–water partition coefficient (Wildman–Crippen LogP) is 0.814. The summed E-state index contributed by atoms with van der Waals surface area (Å²) in [6.07, 6.45) is 1.93. The number of rotatable bonds is 7. The molecule has 0 bridgehead atoms. The van der Waals surface area contributed by atoms with E-state index in [0.29, 0.717) is 18.5 Å². The summed E-state index contributed by atoms with van der Waals surface area (Å²) < 4.78 is 28.0. The molecule has 0 spiro atoms. The number of sulfonamides is 1. The van der Waals surface area contributed by atoms with E-state index in [4.69, 9.17) is 0 Å². The van der Waals surface area contributed by atoms with Crippen LogP contribution in [0.1, 0.15) is 23.7 Å². The van der Waals surface area contributed by atoms with Gasteiger partial charge in [0.05, 0.1) is 4.90 Å². The first-order valence-corrected chi connectivity index (χ1v) is 8.51. The molecule has 7 nitrogen and oxygen atoms in total. The monoisotopic (exact) mass is 335 g/mol. The number of nitrogens with one attached hydrogen (secondary N) is 1. The molecular formula is C15H17N3O4S. The van der Waals surface area contributed by atoms with Crippen molar-refractivity contribution in [3.05, 3.63) is 58.5 Å². The van der Waals surface area contributed by atoms with E-state index in [2.05, 4.69) is 9.82 Å². The first-order chi connectivity index (χ1) is 10.9. The van der Waals surface area contributed by atoms with Crippen LogP contribution in [0.3, 0.4) is 0 Å². The Morgan fingerprint density at radius 1 is 1.22 bits per heavy atom. The molecule has 2 aromatic rings. The van der Waals surface area contributed by atoms with Crippen LogP contribution in [0.2, 0.25) is 0 Å². The van der Waals surface area contributed by atoms with Crippen LogP contribution in [0.5, 0.6) is 0 Å². The minimum Gasteiger partial charge on any atom is -0.295 e. The zero-order chi connectivity index (χ0) is 16.9. The number of carbonyl (C=O) groups is 1. The number of aryl methyl sites for hydroxylation is 1. The molecular weight excluding hydrogens is 318 g/mol. The van der Waals surface area contributed by atoms with Gasteiger partial charge in [-0.05, 0) is 31.5 Å². The lowest BCUT2D eigenvalue weighted by Crippen LogP contribution is -2.27. The number of benzene rings is 1. The third kappa shape index (κ3) is 4.57. The topological polar surface area (TPSA) is 98.1 Å². The Bertz CT molecular complexity index is 842. The van der Waals surface area contributed by atoms with Gasteiger partial charge in [-0.2, -0.15) is 5.10 Å². The SMILES string of the molecule is CC(=O)c1ccc(S(=O)(=O)NCCCn2ncccc2=O)cc1. The molecule has 0 aliphatic carbocycles. The smallest absolute Gasteiger partial charge is 0.266 e. The van der Waals surface area contributed by atoms with Crippen molar-refractivity contribution in [3.63, 3.8) is 0 Å². The molecule has 0 radical (unpaired) electrons. The van der Waals surface area contributed by atoms with Crippen molar-refractivity contribution in [2.45, 2.75) is 24.8 Å². The van der Waals surface area contributed by atoms with Crippen molar-refractivity contribution in [1.29, 1.82) is 0 Å². The molecule has 122 valence electrons. The van der Waals surface area contributed by atoms with E-state index in [1.807, 2.05) is 0 Å². The molecule has 0 aliphatic heterocycles. The summed E-state index contributed by atoms with van der Waals surface area (Å²) in [6, 6.07) is 8.68. The Kier molecular flexibility index (Phi) is 5.41. The Morgan fingerprint density at radius 2 is 1.91 bits per heavy atom. The molecule has 0 saturated heterocycles. The minimum absolute atomic E-state index is 0.0949. The predicted molar refractivity (Wildman–Crippen MR) is 84.7 cm³/mol. The van der Waals surface area contributed by atoms with Crippen LogP contribution in [0.25, 0.3) is 0 Å². The third-order valence-corrected chi connectivity index (χ3v) is 4.67. The van der Waals surface area contributed by atoms with Crippen LogP contribution in [0, 0.1) is 0 Å². The van der Waals surface area contributed by atoms with E-state index >= 15 is 0 Å². The summed E-state index contributed by atoms with van der Waals surface area (Å²) in [5, 5.41) is 3.89. The second-order valence-corrected chi connectivity index (χ2v) is 6.68. The second kappa shape index (κ2) is 7.30. The van der Waals surface area contributed by atoms with E-state index in [-0.39, 0.29) is 22.8 Å². The molecule has 1 aromatic heterocycles. The standard InChI is InChI=1S/C15H17N3O4S/c1-12(19)13-5-7-14(8-6-13)23(21,22)17-10-3-11-18-15(20)4-2-9-16-18/h2,4-9,17H,3,10-11H2,1H3. The van der Waals surface area contributed by atoms with Crippen LogP contribution in [-0.4, -0.2) is 30.5 Å². The zero-order valence-corrected chi connectivity index (χ0v) is 13.4. The minimum atomic E-state index is -3.64. The lowest BCUT2D eigenvalue weighted by Gasteiger charge is -2.08. The maximum absolute atomic E-state index is 12.1. The van der Waals surface area contributed by atoms with Gasteiger partial charge >= 0.3 is 0 Å². The fourth-order valence-corrected chi connectivity index (χ4v) is 3.02. The Balaban J connectivity index is 1.92. The van der Waals surface area contributed by atoms with Gasteiger partial charge in [0.2, 0.25) is 10.0 Å². The number of hydrogen-bond acceptors (Lipinski definition) is 5. The Morgan fingerprint density at radius 3 is 2.52 bits per heavy atom. The number of aromatic nitrogens is 2. The van der Waals surface area contributed by atoms with Crippen LogP contribution >= 0.6 is 0 Å². The summed E-state index contributed by atoms with van der Waals surface area (Å²) >= 11 is 0. The van der Waals surface area contributed by atoms with Gasteiger partial charge in [0.25, 0.3) is 5.56 Å². The maximum Gasteiger partial charge on any atom is 0.266 e. The van der Waals surface area contributed by atoms with Crippen molar-refractivity contribution in [2.24, 2.45) is 0 Å². The van der Waals surface area contributed by atoms with Gasteiger partial charge in [-0.1, -0.05) is 12.1 Å². The molecule has 2 rings (SSSR count). The van der Waals surface area contributed by atoms with Crippen LogP contribution in [0.15, 0.2) is 52.3 Å². The first kappa shape index (κ1) is 17.0. The van der Waals surface area contributed by atoms with Gasteiger partial charge < -0.3 is 0 Å². The highest BCUT2D eigenvalue weighted by Crippen LogP contribution is 2.10. The van der Waals surface area contributed by atoms with Gasteiger partial charge in [-0.15, -0.1) is 0 Å². The van der Waals surface area contributed by atoms with Gasteiger partial charge in [0, 0.05) is 30.9 Å². The van der Waals surface area contributed by atoms with E-state index in [1.54, 1.807) is 6.07 Å². The van der Waals surface area contributed by atoms with E-state index < -0.39 is 10.0 Å². The highest BCUT2D eigenvalue weighted by Gasteiger charge is 2.13. The third-order valence-electron chi connectivity index (χ3n) is 3.20. The summed E-state index contributed by atoms with van der Waals surface area (Å²) in [7, 11) is -3.64. The summed E-state index contributed by atoms with van der Waals surface area (Å²) in [4.78, 5) is 22.7. The number of carbonyl (C=O) groups excluding carboxylic acids is 1. The molecule has 8 heteroatoms. The molecule has 0 aliphatic rings. The van der Waals surface area contributed by atoms with Crippen molar-refractivity contribution in [3.8, 4) is 0 Å². The average Bonchev–Trinajstić information content (AvgIpc) is 2.53. The molecule has 0 saturated carbocycles. The van der Waals surface area contributed by atoms with Gasteiger partial charge in [-0.3, -0.25) is 9.59 Å². The first-order valence-electron chi connectivity index (χ1n) is 7.03. The quantitative estimate of drug-likeness (QED) is 0.596. The van der Waals surface area contributed by atoms with Gasteiger partial charge in [0.15, 0.2) is 5.78 Å². The van der Waals surface area contributed by atoms with E-state index in [9.17, 15) is 18.0 Å². The highest BCUT2D eigenvalue weighted by molar-refractivity contribution is 7.89. The molecule has 0 fully saturated rings. The van der Waals surface area contributed by atoms with Crippen LogP contribution in [0.4, 0.5) is 0 Å². The largest absolute Gasteiger partial charge is 0.295 e. The van der Waals surface area contributed by atoms with E-state index in [1.165, 1.54) is 48.1 Å². The molecule has 23 heavy (non-hydrogen) atoms. The lowest BCUT2D eigenvalue weighted by atomic mass is 10.2. The normalized spacial score (nSPS) is 11.3. The average molecular weight is 335 g/mol. The maximum atomic E-state index is 12.1. The molecule has 0 atom stereocenters. The van der Waals surface area contributed by atoms with Crippen molar-refractivity contribution in [1.82, 2.24) is 14.5 Å².